The number of imide groups is 1. The van der Waals surface area contributed by atoms with Crippen LogP contribution < -0.4 is 9.47 Å². The highest BCUT2D eigenvalue weighted by molar-refractivity contribution is 8.18. The number of carbonyl (C=O) groups excluding carboxylic acids is 2. The van der Waals surface area contributed by atoms with Gasteiger partial charge in [0.2, 0.25) is 5.75 Å². The van der Waals surface area contributed by atoms with Crippen LogP contribution in [0.1, 0.15) is 18.1 Å². The molecule has 0 spiro atoms. The molecule has 0 aliphatic carbocycles. The Morgan fingerprint density at radius 1 is 0.854 bits per heavy atom. The Morgan fingerprint density at radius 2 is 1.61 bits per heavy atom. The summed E-state index contributed by atoms with van der Waals surface area (Å²) in [5.41, 5.74) is 0.340. The van der Waals surface area contributed by atoms with Gasteiger partial charge in [-0.05, 0) is 70.9 Å². The molecule has 1 fully saturated rings. The Balaban J connectivity index is 1.38. The molecule has 4 aromatic carbocycles. The van der Waals surface area contributed by atoms with Crippen LogP contribution in [-0.4, -0.2) is 32.5 Å². The molecule has 0 atom stereocenters. The summed E-state index contributed by atoms with van der Waals surface area (Å²) in [5.74, 6) is -0.272. The van der Waals surface area contributed by atoms with Crippen molar-refractivity contribution in [1.29, 1.82) is 0 Å². The first-order valence-electron chi connectivity index (χ1n) is 12.3. The van der Waals surface area contributed by atoms with Crippen LogP contribution in [0.4, 0.5) is 16.2 Å². The molecule has 0 aromatic heterocycles. The Labute approximate surface area is 237 Å². The van der Waals surface area contributed by atoms with Crippen molar-refractivity contribution >= 4 is 51.1 Å². The fourth-order valence-corrected chi connectivity index (χ4v) is 5.08. The lowest BCUT2D eigenvalue weighted by atomic mass is 10.1. The normalized spacial score (nSPS) is 14.1. The van der Waals surface area contributed by atoms with Gasteiger partial charge in [0, 0.05) is 6.07 Å². The number of hydrogen-bond donors (Lipinski definition) is 0. The van der Waals surface area contributed by atoms with Gasteiger partial charge in [-0.25, -0.2) is 0 Å². The van der Waals surface area contributed by atoms with Gasteiger partial charge in [0.05, 0.1) is 34.0 Å². The van der Waals surface area contributed by atoms with Gasteiger partial charge in [0.15, 0.2) is 11.5 Å². The largest absolute Gasteiger partial charge is 0.490 e. The fourth-order valence-electron chi connectivity index (χ4n) is 4.24. The topological polar surface area (TPSA) is 142 Å². The standard InChI is InChI=1S/C29H21N3O8S/c1-2-39-26-14-18(8-11-25(26)40-24-12-10-22(31(35)36)16-23(24)32(37)38)15-27-28(33)30(29(34)41-27)17-19-7-9-20-5-3-4-6-21(20)13-19/h3-16H,2,17H2,1H3. The number of non-ortho nitro benzene ring substituents is 1. The Kier molecular flexibility index (Phi) is 7.66. The van der Waals surface area contributed by atoms with Gasteiger partial charge in [0.1, 0.15) is 0 Å². The first kappa shape index (κ1) is 27.3. The number of nitro groups is 2. The Hall–Kier alpha value is -5.23. The maximum absolute atomic E-state index is 13.1. The molecule has 4 aromatic rings. The molecule has 206 valence electrons. The highest BCUT2D eigenvalue weighted by atomic mass is 32.2. The molecule has 1 saturated heterocycles. The summed E-state index contributed by atoms with van der Waals surface area (Å²) in [4.78, 5) is 48.3. The number of ether oxygens (including phenoxy) is 2. The third-order valence-electron chi connectivity index (χ3n) is 6.16. The molecule has 0 N–H and O–H groups in total. The van der Waals surface area contributed by atoms with Gasteiger partial charge in [-0.15, -0.1) is 0 Å². The lowest BCUT2D eigenvalue weighted by Gasteiger charge is -2.13. The van der Waals surface area contributed by atoms with Gasteiger partial charge in [0.25, 0.3) is 16.8 Å². The van der Waals surface area contributed by atoms with Crippen molar-refractivity contribution in [3.63, 3.8) is 0 Å². The number of carbonyl (C=O) groups is 2. The van der Waals surface area contributed by atoms with E-state index in [0.717, 1.165) is 46.3 Å². The number of benzene rings is 4. The maximum atomic E-state index is 13.1. The van der Waals surface area contributed by atoms with E-state index in [-0.39, 0.29) is 40.5 Å². The summed E-state index contributed by atoms with van der Waals surface area (Å²) in [6.45, 7) is 2.12. The summed E-state index contributed by atoms with van der Waals surface area (Å²) in [6.07, 6.45) is 1.56. The van der Waals surface area contributed by atoms with Crippen molar-refractivity contribution < 1.29 is 28.9 Å². The molecular weight excluding hydrogens is 550 g/mol. The number of nitrogens with zero attached hydrogens (tertiary/aromatic N) is 3. The average molecular weight is 572 g/mol. The molecule has 5 rings (SSSR count). The SMILES string of the molecule is CCOc1cc(C=C2SC(=O)N(Cc3ccc4ccccc4c3)C2=O)ccc1Oc1ccc([N+](=O)[O-])cc1[N+](=O)[O-]. The highest BCUT2D eigenvalue weighted by Crippen LogP contribution is 2.40. The van der Waals surface area contributed by atoms with Crippen molar-refractivity contribution in [3.8, 4) is 17.2 Å². The van der Waals surface area contributed by atoms with Crippen LogP contribution in [0.3, 0.4) is 0 Å². The van der Waals surface area contributed by atoms with E-state index in [4.69, 9.17) is 9.47 Å². The van der Waals surface area contributed by atoms with Crippen LogP contribution >= 0.6 is 11.8 Å². The predicted octanol–water partition coefficient (Wildman–Crippen LogP) is 7.08. The molecule has 2 amide bonds. The summed E-state index contributed by atoms with van der Waals surface area (Å²) in [6, 6.07) is 21.4. The van der Waals surface area contributed by atoms with Crippen LogP contribution in [0.2, 0.25) is 0 Å². The van der Waals surface area contributed by atoms with Crippen molar-refractivity contribution in [2.24, 2.45) is 0 Å². The van der Waals surface area contributed by atoms with Crippen molar-refractivity contribution in [3.05, 3.63) is 115 Å². The Morgan fingerprint density at radius 3 is 2.34 bits per heavy atom. The second-order valence-corrected chi connectivity index (χ2v) is 9.85. The van der Waals surface area contributed by atoms with E-state index in [0.29, 0.717) is 5.56 Å². The molecule has 41 heavy (non-hydrogen) atoms. The highest BCUT2D eigenvalue weighted by Gasteiger charge is 2.35. The zero-order valence-corrected chi connectivity index (χ0v) is 22.3. The van der Waals surface area contributed by atoms with Gasteiger partial charge in [-0.3, -0.25) is 34.7 Å². The molecule has 0 unspecified atom stereocenters. The molecular formula is C29H21N3O8S. The predicted molar refractivity (Wildman–Crippen MR) is 153 cm³/mol. The van der Waals surface area contributed by atoms with Crippen molar-refractivity contribution in [1.82, 2.24) is 4.90 Å². The van der Waals surface area contributed by atoms with Crippen molar-refractivity contribution in [2.75, 3.05) is 6.61 Å². The average Bonchev–Trinajstić information content (AvgIpc) is 3.21. The summed E-state index contributed by atoms with van der Waals surface area (Å²) >= 11 is 0.831. The second kappa shape index (κ2) is 11.5. The lowest BCUT2D eigenvalue weighted by Crippen LogP contribution is -2.27. The molecule has 1 heterocycles. The number of fused-ring (bicyclic) bond motifs is 1. The van der Waals surface area contributed by atoms with Gasteiger partial charge in [-0.1, -0.05) is 42.5 Å². The quantitative estimate of drug-likeness (QED) is 0.117. The van der Waals surface area contributed by atoms with Crippen molar-refractivity contribution in [2.45, 2.75) is 13.5 Å². The molecule has 12 heteroatoms. The molecule has 0 saturated carbocycles. The van der Waals surface area contributed by atoms with Crippen LogP contribution in [0.5, 0.6) is 17.2 Å². The molecule has 0 radical (unpaired) electrons. The lowest BCUT2D eigenvalue weighted by molar-refractivity contribution is -0.394. The van der Waals surface area contributed by atoms with Gasteiger partial charge >= 0.3 is 5.69 Å². The van der Waals surface area contributed by atoms with Crippen LogP contribution in [0, 0.1) is 20.2 Å². The Bertz CT molecular complexity index is 1750. The zero-order chi connectivity index (χ0) is 29.1. The summed E-state index contributed by atoms with van der Waals surface area (Å²) in [5, 5.41) is 24.2. The van der Waals surface area contributed by atoms with Crippen LogP contribution in [-0.2, 0) is 11.3 Å². The number of rotatable bonds is 9. The van der Waals surface area contributed by atoms with E-state index >= 15 is 0 Å². The molecule has 1 aliphatic rings. The fraction of sp³-hybridized carbons (Fsp3) is 0.103. The summed E-state index contributed by atoms with van der Waals surface area (Å²) in [7, 11) is 0. The zero-order valence-electron chi connectivity index (χ0n) is 21.5. The number of thioether (sulfide) groups is 1. The van der Waals surface area contributed by atoms with E-state index in [9.17, 15) is 29.8 Å². The van der Waals surface area contributed by atoms with E-state index in [1.165, 1.54) is 11.0 Å². The smallest absolute Gasteiger partial charge is 0.318 e. The minimum absolute atomic E-state index is 0.130. The van der Waals surface area contributed by atoms with Gasteiger partial charge < -0.3 is 9.47 Å². The molecule has 1 aliphatic heterocycles. The maximum Gasteiger partial charge on any atom is 0.318 e. The van der Waals surface area contributed by atoms with E-state index in [1.54, 1.807) is 25.1 Å². The second-order valence-electron chi connectivity index (χ2n) is 8.86. The first-order valence-corrected chi connectivity index (χ1v) is 13.2. The van der Waals surface area contributed by atoms with Crippen LogP contribution in [0.25, 0.3) is 16.8 Å². The van der Waals surface area contributed by atoms with Crippen LogP contribution in [0.15, 0.2) is 83.8 Å². The minimum Gasteiger partial charge on any atom is -0.490 e. The summed E-state index contributed by atoms with van der Waals surface area (Å²) < 4.78 is 11.4. The van der Waals surface area contributed by atoms with Gasteiger partial charge in [-0.2, -0.15) is 0 Å². The third kappa shape index (κ3) is 5.87. The van der Waals surface area contributed by atoms with E-state index in [2.05, 4.69) is 0 Å². The number of amides is 2. The number of hydrogen-bond acceptors (Lipinski definition) is 9. The van der Waals surface area contributed by atoms with E-state index in [1.807, 2.05) is 42.5 Å². The number of nitro benzene ring substituents is 2. The molecule has 11 nitrogen and oxygen atoms in total. The molecule has 0 bridgehead atoms. The minimum atomic E-state index is -0.773. The third-order valence-corrected chi connectivity index (χ3v) is 7.07. The van der Waals surface area contributed by atoms with E-state index < -0.39 is 27.1 Å². The monoisotopic (exact) mass is 571 g/mol. The first-order chi connectivity index (χ1) is 19.7.